The van der Waals surface area contributed by atoms with E-state index in [1.165, 1.54) is 0 Å². The Hall–Kier alpha value is -1.75. The van der Waals surface area contributed by atoms with Crippen LogP contribution < -0.4 is 21.3 Å². The van der Waals surface area contributed by atoms with Crippen LogP contribution in [-0.4, -0.2) is 18.6 Å². The van der Waals surface area contributed by atoms with Gasteiger partial charge in [-0.25, -0.2) is 10.8 Å². The standard InChI is InChI=1S/C12H20N4O/c1-4-17-11-7-5-6-10(8-11)15-12(16-13)14-9(2)3/h5-9H,4,13H2,1-3H3,(H2,14,15,16). The largest absolute Gasteiger partial charge is 0.494 e. The molecule has 0 radical (unpaired) electrons. The number of aliphatic imine (C=N–C) groups is 1. The van der Waals surface area contributed by atoms with Crippen molar-refractivity contribution in [3.8, 4) is 5.75 Å². The van der Waals surface area contributed by atoms with Crippen molar-refractivity contribution in [2.24, 2.45) is 10.8 Å². The summed E-state index contributed by atoms with van der Waals surface area (Å²) in [5.41, 5.74) is 3.41. The molecule has 4 N–H and O–H groups in total. The number of nitrogens with one attached hydrogen (secondary N) is 2. The summed E-state index contributed by atoms with van der Waals surface area (Å²) in [5.74, 6) is 6.74. The Kier molecular flexibility index (Phi) is 5.29. The lowest BCUT2D eigenvalue weighted by Crippen LogP contribution is -2.36. The molecule has 0 amide bonds. The molecule has 1 aromatic carbocycles. The van der Waals surface area contributed by atoms with E-state index in [9.17, 15) is 0 Å². The highest BCUT2D eigenvalue weighted by Crippen LogP contribution is 2.17. The number of nitrogens with two attached hydrogens (primary N) is 1. The number of benzene rings is 1. The van der Waals surface area contributed by atoms with E-state index in [-0.39, 0.29) is 6.04 Å². The molecular formula is C12H20N4O. The highest BCUT2D eigenvalue weighted by Gasteiger charge is 2.00. The van der Waals surface area contributed by atoms with Gasteiger partial charge in [-0.1, -0.05) is 6.07 Å². The third-order valence-electron chi connectivity index (χ3n) is 1.93. The maximum absolute atomic E-state index is 5.41. The van der Waals surface area contributed by atoms with Gasteiger partial charge in [0.2, 0.25) is 5.96 Å². The van der Waals surface area contributed by atoms with Gasteiger partial charge in [0, 0.05) is 17.8 Å². The molecule has 0 aromatic heterocycles. The van der Waals surface area contributed by atoms with Crippen molar-refractivity contribution in [1.82, 2.24) is 5.43 Å². The number of rotatable bonds is 4. The quantitative estimate of drug-likeness (QED) is 0.322. The third kappa shape index (κ3) is 4.74. The molecule has 1 aromatic rings. The highest BCUT2D eigenvalue weighted by atomic mass is 16.5. The van der Waals surface area contributed by atoms with E-state index in [0.29, 0.717) is 12.6 Å². The molecule has 0 aliphatic carbocycles. The van der Waals surface area contributed by atoms with Gasteiger partial charge in [-0.05, 0) is 32.9 Å². The van der Waals surface area contributed by atoms with E-state index < -0.39 is 0 Å². The van der Waals surface area contributed by atoms with Gasteiger partial charge in [0.1, 0.15) is 5.75 Å². The van der Waals surface area contributed by atoms with E-state index in [1.54, 1.807) is 0 Å². The summed E-state index contributed by atoms with van der Waals surface area (Å²) in [5, 5.41) is 3.09. The molecule has 0 aliphatic heterocycles. The van der Waals surface area contributed by atoms with Crippen LogP contribution in [0.5, 0.6) is 5.75 Å². The van der Waals surface area contributed by atoms with Gasteiger partial charge in [-0.3, -0.25) is 5.43 Å². The van der Waals surface area contributed by atoms with Gasteiger partial charge < -0.3 is 10.1 Å². The van der Waals surface area contributed by atoms with Gasteiger partial charge >= 0.3 is 0 Å². The first-order valence-corrected chi connectivity index (χ1v) is 5.70. The average Bonchev–Trinajstić information content (AvgIpc) is 2.28. The molecule has 0 spiro atoms. The number of hydrazine groups is 1. The summed E-state index contributed by atoms with van der Waals surface area (Å²) in [6.07, 6.45) is 0. The van der Waals surface area contributed by atoms with Crippen LogP contribution in [0, 0.1) is 0 Å². The minimum Gasteiger partial charge on any atom is -0.494 e. The highest BCUT2D eigenvalue weighted by molar-refractivity contribution is 5.93. The number of ether oxygens (including phenoxy) is 1. The van der Waals surface area contributed by atoms with Crippen LogP contribution in [0.2, 0.25) is 0 Å². The SMILES string of the molecule is CCOc1cccc(NC(=NC(C)C)NN)c1. The van der Waals surface area contributed by atoms with Gasteiger partial charge in [0.15, 0.2) is 0 Å². The van der Waals surface area contributed by atoms with Crippen LogP contribution in [0.3, 0.4) is 0 Å². The number of guanidine groups is 1. The average molecular weight is 236 g/mol. The predicted octanol–water partition coefficient (Wildman–Crippen LogP) is 1.72. The van der Waals surface area contributed by atoms with Crippen LogP contribution >= 0.6 is 0 Å². The van der Waals surface area contributed by atoms with Gasteiger partial charge in [-0.2, -0.15) is 0 Å². The van der Waals surface area contributed by atoms with E-state index in [2.05, 4.69) is 15.7 Å². The molecular weight excluding hydrogens is 216 g/mol. The summed E-state index contributed by atoms with van der Waals surface area (Å²) in [7, 11) is 0. The second-order valence-electron chi connectivity index (χ2n) is 3.80. The fraction of sp³-hybridized carbons (Fsp3) is 0.417. The number of hydrogen-bond acceptors (Lipinski definition) is 3. The van der Waals surface area contributed by atoms with Gasteiger partial charge in [-0.15, -0.1) is 0 Å². The van der Waals surface area contributed by atoms with E-state index in [0.717, 1.165) is 11.4 Å². The van der Waals surface area contributed by atoms with Gasteiger partial charge in [0.25, 0.3) is 0 Å². The van der Waals surface area contributed by atoms with Crippen molar-refractivity contribution in [3.05, 3.63) is 24.3 Å². The second kappa shape index (κ2) is 6.75. The molecule has 17 heavy (non-hydrogen) atoms. The van der Waals surface area contributed by atoms with Gasteiger partial charge in [0.05, 0.1) is 6.61 Å². The lowest BCUT2D eigenvalue weighted by atomic mass is 10.3. The molecule has 5 heteroatoms. The molecule has 0 fully saturated rings. The summed E-state index contributed by atoms with van der Waals surface area (Å²) < 4.78 is 5.41. The zero-order chi connectivity index (χ0) is 12.7. The number of hydrogen-bond donors (Lipinski definition) is 3. The molecule has 1 rings (SSSR count). The maximum Gasteiger partial charge on any atom is 0.210 e. The molecule has 0 aliphatic rings. The van der Waals surface area contributed by atoms with Crippen LogP contribution in [-0.2, 0) is 0 Å². The van der Waals surface area contributed by atoms with Crippen molar-refractivity contribution in [1.29, 1.82) is 0 Å². The smallest absolute Gasteiger partial charge is 0.210 e. The van der Waals surface area contributed by atoms with E-state index >= 15 is 0 Å². The van der Waals surface area contributed by atoms with Crippen LogP contribution in [0.15, 0.2) is 29.3 Å². The lowest BCUT2D eigenvalue weighted by molar-refractivity contribution is 0.340. The second-order valence-corrected chi connectivity index (χ2v) is 3.80. The minimum absolute atomic E-state index is 0.170. The lowest BCUT2D eigenvalue weighted by Gasteiger charge is -2.11. The van der Waals surface area contributed by atoms with E-state index in [1.807, 2.05) is 45.0 Å². The molecule has 0 heterocycles. The minimum atomic E-state index is 0.170. The topological polar surface area (TPSA) is 71.7 Å². The summed E-state index contributed by atoms with van der Waals surface area (Å²) in [6, 6.07) is 7.82. The fourth-order valence-corrected chi connectivity index (χ4v) is 1.33. The monoisotopic (exact) mass is 236 g/mol. The Morgan fingerprint density at radius 3 is 2.82 bits per heavy atom. The molecule has 0 atom stereocenters. The van der Waals surface area contributed by atoms with E-state index in [4.69, 9.17) is 10.6 Å². The fourth-order valence-electron chi connectivity index (χ4n) is 1.33. The Morgan fingerprint density at radius 1 is 1.47 bits per heavy atom. The summed E-state index contributed by atoms with van der Waals surface area (Å²) in [6.45, 7) is 6.56. The van der Waals surface area contributed by atoms with Crippen molar-refractivity contribution in [2.75, 3.05) is 11.9 Å². The molecule has 0 saturated carbocycles. The van der Waals surface area contributed by atoms with Crippen LogP contribution in [0.25, 0.3) is 0 Å². The molecule has 0 unspecified atom stereocenters. The Labute approximate surface area is 102 Å². The number of nitrogens with zero attached hydrogens (tertiary/aromatic N) is 1. The zero-order valence-corrected chi connectivity index (χ0v) is 10.5. The zero-order valence-electron chi connectivity index (χ0n) is 10.5. The summed E-state index contributed by atoms with van der Waals surface area (Å²) in [4.78, 5) is 4.29. The molecule has 0 bridgehead atoms. The first kappa shape index (κ1) is 13.3. The molecule has 0 saturated heterocycles. The molecule has 94 valence electrons. The Bertz CT molecular complexity index is 377. The Balaban J connectivity index is 2.75. The maximum atomic E-state index is 5.41. The number of anilines is 1. The normalized spacial score (nSPS) is 11.5. The van der Waals surface area contributed by atoms with Crippen molar-refractivity contribution < 1.29 is 4.74 Å². The van der Waals surface area contributed by atoms with Crippen LogP contribution in [0.1, 0.15) is 20.8 Å². The van der Waals surface area contributed by atoms with Crippen molar-refractivity contribution in [2.45, 2.75) is 26.8 Å². The molecule has 5 nitrogen and oxygen atoms in total. The first-order valence-electron chi connectivity index (χ1n) is 5.70. The van der Waals surface area contributed by atoms with Crippen LogP contribution in [0.4, 0.5) is 5.69 Å². The summed E-state index contributed by atoms with van der Waals surface area (Å²) >= 11 is 0. The first-order chi connectivity index (χ1) is 8.15. The van der Waals surface area contributed by atoms with Crippen molar-refractivity contribution in [3.63, 3.8) is 0 Å². The predicted molar refractivity (Wildman–Crippen MR) is 71.1 cm³/mol. The Morgan fingerprint density at radius 2 is 2.24 bits per heavy atom. The third-order valence-corrected chi connectivity index (χ3v) is 1.93. The van der Waals surface area contributed by atoms with Crippen molar-refractivity contribution >= 4 is 11.6 Å².